The molecule has 3 N–H and O–H groups in total. The molecule has 2 aromatic rings. The molecule has 4 nitrogen and oxygen atoms in total. The van der Waals surface area contributed by atoms with Crippen LogP contribution in [0.2, 0.25) is 5.02 Å². The van der Waals surface area contributed by atoms with Crippen molar-refractivity contribution in [2.75, 3.05) is 0 Å². The summed E-state index contributed by atoms with van der Waals surface area (Å²) in [6.45, 7) is 0. The Labute approximate surface area is 127 Å². The third kappa shape index (κ3) is 2.62. The van der Waals surface area contributed by atoms with Crippen molar-refractivity contribution >= 4 is 43.5 Å². The van der Waals surface area contributed by atoms with Crippen molar-refractivity contribution in [3.8, 4) is 0 Å². The van der Waals surface area contributed by atoms with E-state index in [9.17, 15) is 0 Å². The van der Waals surface area contributed by atoms with Crippen LogP contribution in [0.1, 0.15) is 17.3 Å². The van der Waals surface area contributed by atoms with Gasteiger partial charge < -0.3 is 0 Å². The smallest absolute Gasteiger partial charge is 0.0904 e. The molecule has 1 aromatic carbocycles. The Kier molecular flexibility index (Phi) is 4.45. The van der Waals surface area contributed by atoms with Crippen LogP contribution < -0.4 is 11.3 Å². The third-order valence-electron chi connectivity index (χ3n) is 2.65. The zero-order valence-electron chi connectivity index (χ0n) is 9.49. The topological polar surface area (TPSA) is 55.9 Å². The van der Waals surface area contributed by atoms with E-state index in [1.165, 1.54) is 0 Å². The first kappa shape index (κ1) is 14.0. The molecule has 0 aliphatic carbocycles. The highest BCUT2D eigenvalue weighted by atomic mass is 79.9. The summed E-state index contributed by atoms with van der Waals surface area (Å²) in [6, 6.07) is 5.41. The summed E-state index contributed by atoms with van der Waals surface area (Å²) in [5, 5.41) is 4.83. The quantitative estimate of drug-likeness (QED) is 0.621. The fourth-order valence-corrected chi connectivity index (χ4v) is 2.98. The minimum absolute atomic E-state index is 0.239. The summed E-state index contributed by atoms with van der Waals surface area (Å²) in [6.07, 6.45) is 1.73. The first-order chi connectivity index (χ1) is 8.54. The third-order valence-corrected chi connectivity index (χ3v) is 4.10. The Morgan fingerprint density at radius 3 is 2.72 bits per heavy atom. The van der Waals surface area contributed by atoms with Crippen molar-refractivity contribution in [3.63, 3.8) is 0 Å². The van der Waals surface area contributed by atoms with E-state index >= 15 is 0 Å². The van der Waals surface area contributed by atoms with Crippen molar-refractivity contribution in [1.29, 1.82) is 0 Å². The maximum absolute atomic E-state index is 6.23. The van der Waals surface area contributed by atoms with E-state index in [0.29, 0.717) is 5.02 Å². The molecule has 7 heteroatoms. The molecular formula is C11H11Br2ClN4. The second kappa shape index (κ2) is 5.71. The molecule has 1 atom stereocenters. The molecule has 1 heterocycles. The van der Waals surface area contributed by atoms with E-state index < -0.39 is 0 Å². The molecule has 0 aliphatic heterocycles. The van der Waals surface area contributed by atoms with Crippen LogP contribution in [-0.4, -0.2) is 9.78 Å². The molecule has 0 bridgehead atoms. The molecular weight excluding hydrogens is 383 g/mol. The van der Waals surface area contributed by atoms with Crippen LogP contribution >= 0.6 is 43.5 Å². The number of aryl methyl sites for hydroxylation is 1. The molecule has 2 rings (SSSR count). The summed E-state index contributed by atoms with van der Waals surface area (Å²) < 4.78 is 3.58. The molecule has 0 aliphatic rings. The highest BCUT2D eigenvalue weighted by Gasteiger charge is 2.22. The highest BCUT2D eigenvalue weighted by Crippen LogP contribution is 2.33. The molecule has 0 saturated heterocycles. The van der Waals surface area contributed by atoms with Crippen LogP contribution in [0.5, 0.6) is 0 Å². The van der Waals surface area contributed by atoms with Gasteiger partial charge in [-0.15, -0.1) is 0 Å². The molecule has 0 radical (unpaired) electrons. The minimum atomic E-state index is -0.239. The van der Waals surface area contributed by atoms with Gasteiger partial charge in [0, 0.05) is 16.5 Å². The van der Waals surface area contributed by atoms with Gasteiger partial charge in [-0.3, -0.25) is 10.5 Å². The van der Waals surface area contributed by atoms with Gasteiger partial charge in [-0.2, -0.15) is 5.10 Å². The standard InChI is InChI=1S/C11H11Br2ClN4/c1-18-11(8(13)5-16-18)10(17-15)7-4-6(12)2-3-9(7)14/h2-5,10,17H,15H2,1H3. The van der Waals surface area contributed by atoms with Crippen LogP contribution in [0.25, 0.3) is 0 Å². The number of hydrogen-bond acceptors (Lipinski definition) is 3. The van der Waals surface area contributed by atoms with E-state index in [2.05, 4.69) is 42.4 Å². The summed E-state index contributed by atoms with van der Waals surface area (Å²) in [5.41, 5.74) is 4.58. The minimum Gasteiger partial charge on any atom is -0.271 e. The van der Waals surface area contributed by atoms with Gasteiger partial charge in [-0.05, 0) is 39.7 Å². The summed E-state index contributed by atoms with van der Waals surface area (Å²) in [5.74, 6) is 5.67. The molecule has 0 fully saturated rings. The second-order valence-corrected chi connectivity index (χ2v) is 5.94. The predicted molar refractivity (Wildman–Crippen MR) is 79.2 cm³/mol. The number of nitrogens with one attached hydrogen (secondary N) is 1. The lowest BCUT2D eigenvalue weighted by atomic mass is 10.0. The van der Waals surface area contributed by atoms with E-state index in [1.54, 1.807) is 10.9 Å². The molecule has 0 saturated carbocycles. The van der Waals surface area contributed by atoms with E-state index in [1.807, 2.05) is 25.2 Å². The summed E-state index contributed by atoms with van der Waals surface area (Å²) >= 11 is 13.1. The Balaban J connectivity index is 2.55. The molecule has 0 spiro atoms. The van der Waals surface area contributed by atoms with Gasteiger partial charge in [0.15, 0.2) is 0 Å². The van der Waals surface area contributed by atoms with Crippen LogP contribution in [0.4, 0.5) is 0 Å². The number of aromatic nitrogens is 2. The number of rotatable bonds is 3. The van der Waals surface area contributed by atoms with Crippen LogP contribution in [0.15, 0.2) is 33.3 Å². The largest absolute Gasteiger partial charge is 0.271 e. The van der Waals surface area contributed by atoms with Gasteiger partial charge in [-0.1, -0.05) is 27.5 Å². The average molecular weight is 394 g/mol. The highest BCUT2D eigenvalue weighted by molar-refractivity contribution is 9.10. The van der Waals surface area contributed by atoms with Gasteiger partial charge in [0.25, 0.3) is 0 Å². The first-order valence-electron chi connectivity index (χ1n) is 5.13. The number of nitrogens with zero attached hydrogens (tertiary/aromatic N) is 2. The van der Waals surface area contributed by atoms with Gasteiger partial charge in [0.1, 0.15) is 0 Å². The number of benzene rings is 1. The Hall–Kier alpha value is -0.400. The van der Waals surface area contributed by atoms with Crippen LogP contribution in [0.3, 0.4) is 0 Å². The SMILES string of the molecule is Cn1ncc(Br)c1C(NN)c1cc(Br)ccc1Cl. The molecule has 1 unspecified atom stereocenters. The number of nitrogens with two attached hydrogens (primary N) is 1. The van der Waals surface area contributed by atoms with Crippen molar-refractivity contribution in [2.24, 2.45) is 12.9 Å². The fraction of sp³-hybridized carbons (Fsp3) is 0.182. The van der Waals surface area contributed by atoms with Crippen molar-refractivity contribution in [3.05, 3.63) is 49.6 Å². The molecule has 1 aromatic heterocycles. The van der Waals surface area contributed by atoms with Crippen molar-refractivity contribution < 1.29 is 0 Å². The van der Waals surface area contributed by atoms with Gasteiger partial charge >= 0.3 is 0 Å². The van der Waals surface area contributed by atoms with Crippen molar-refractivity contribution in [2.45, 2.75) is 6.04 Å². The fourth-order valence-electron chi connectivity index (χ4n) is 1.80. The number of hydrazine groups is 1. The van der Waals surface area contributed by atoms with Crippen LogP contribution in [-0.2, 0) is 7.05 Å². The van der Waals surface area contributed by atoms with E-state index in [0.717, 1.165) is 20.2 Å². The Morgan fingerprint density at radius 1 is 1.44 bits per heavy atom. The lowest BCUT2D eigenvalue weighted by molar-refractivity contribution is 0.573. The molecule has 96 valence electrons. The average Bonchev–Trinajstić information content (AvgIpc) is 2.66. The predicted octanol–water partition coefficient (Wildman–Crippen LogP) is 3.15. The first-order valence-corrected chi connectivity index (χ1v) is 7.09. The Morgan fingerprint density at radius 2 is 2.17 bits per heavy atom. The number of halogens is 3. The maximum Gasteiger partial charge on any atom is 0.0904 e. The van der Waals surface area contributed by atoms with Crippen LogP contribution in [0, 0.1) is 0 Å². The monoisotopic (exact) mass is 392 g/mol. The van der Waals surface area contributed by atoms with Gasteiger partial charge in [0.2, 0.25) is 0 Å². The Bertz CT molecular complexity index is 551. The maximum atomic E-state index is 6.23. The zero-order valence-corrected chi connectivity index (χ0v) is 13.4. The van der Waals surface area contributed by atoms with E-state index in [4.69, 9.17) is 17.4 Å². The summed E-state index contributed by atoms with van der Waals surface area (Å²) in [4.78, 5) is 0. The van der Waals surface area contributed by atoms with E-state index in [-0.39, 0.29) is 6.04 Å². The van der Waals surface area contributed by atoms with Crippen molar-refractivity contribution in [1.82, 2.24) is 15.2 Å². The molecule has 0 amide bonds. The number of hydrogen-bond donors (Lipinski definition) is 2. The summed E-state index contributed by atoms with van der Waals surface area (Å²) in [7, 11) is 1.86. The van der Waals surface area contributed by atoms with Gasteiger partial charge in [-0.25, -0.2) is 5.43 Å². The van der Waals surface area contributed by atoms with Gasteiger partial charge in [0.05, 0.1) is 22.4 Å². The second-order valence-electron chi connectivity index (χ2n) is 3.77. The molecule has 18 heavy (non-hydrogen) atoms. The lowest BCUT2D eigenvalue weighted by Crippen LogP contribution is -2.30. The zero-order chi connectivity index (χ0) is 13.3. The normalized spacial score (nSPS) is 12.7. The lowest BCUT2D eigenvalue weighted by Gasteiger charge is -2.19.